The molecule has 2 aromatic carbocycles. The van der Waals surface area contributed by atoms with Crippen LogP contribution in [-0.2, 0) is 14.8 Å². The molecule has 2 aliphatic rings. The molecular formula is C24H29N3O4S. The minimum atomic E-state index is -3.50. The van der Waals surface area contributed by atoms with E-state index in [-0.39, 0.29) is 16.6 Å². The summed E-state index contributed by atoms with van der Waals surface area (Å²) in [5, 5.41) is 12.3. The number of carbonyl (C=O) groups excluding carboxylic acids is 1. The third kappa shape index (κ3) is 5.38. The number of phenols is 1. The predicted molar refractivity (Wildman–Crippen MR) is 125 cm³/mol. The summed E-state index contributed by atoms with van der Waals surface area (Å²) in [5.41, 5.74) is 2.87. The number of anilines is 1. The Morgan fingerprint density at radius 1 is 1.03 bits per heavy atom. The Kier molecular flexibility index (Phi) is 6.93. The number of sulfonamides is 1. The molecule has 0 atom stereocenters. The second-order valence-electron chi connectivity index (χ2n) is 8.26. The summed E-state index contributed by atoms with van der Waals surface area (Å²) < 4.78 is 27.0. The van der Waals surface area contributed by atoms with Crippen molar-refractivity contribution in [1.82, 2.24) is 9.21 Å². The van der Waals surface area contributed by atoms with E-state index < -0.39 is 10.0 Å². The van der Waals surface area contributed by atoms with Crippen molar-refractivity contribution in [2.75, 3.05) is 38.0 Å². The molecule has 2 aromatic rings. The maximum Gasteiger partial charge on any atom is 0.243 e. The molecule has 0 radical (unpaired) electrons. The first kappa shape index (κ1) is 22.5. The topological polar surface area (TPSA) is 90.0 Å². The number of benzene rings is 2. The fourth-order valence-corrected chi connectivity index (χ4v) is 5.71. The number of nitrogens with one attached hydrogen (secondary N) is 1. The van der Waals surface area contributed by atoms with Crippen LogP contribution in [0.4, 0.5) is 5.69 Å². The molecule has 8 heteroatoms. The van der Waals surface area contributed by atoms with Crippen molar-refractivity contribution >= 4 is 27.2 Å². The second-order valence-corrected chi connectivity index (χ2v) is 10.2. The molecule has 0 bridgehead atoms. The Labute approximate surface area is 189 Å². The van der Waals surface area contributed by atoms with Crippen LogP contribution in [0.15, 0.2) is 59.5 Å². The van der Waals surface area contributed by atoms with Crippen LogP contribution in [0.2, 0.25) is 0 Å². The number of carbonyl (C=O) groups is 1. The Morgan fingerprint density at radius 2 is 1.78 bits per heavy atom. The summed E-state index contributed by atoms with van der Waals surface area (Å²) in [7, 11) is -3.50. The molecule has 1 saturated heterocycles. The quantitative estimate of drug-likeness (QED) is 0.669. The molecule has 1 fully saturated rings. The summed E-state index contributed by atoms with van der Waals surface area (Å²) >= 11 is 0. The highest BCUT2D eigenvalue weighted by molar-refractivity contribution is 7.89. The van der Waals surface area contributed by atoms with Gasteiger partial charge in [-0.3, -0.25) is 9.69 Å². The highest BCUT2D eigenvalue weighted by atomic mass is 32.2. The van der Waals surface area contributed by atoms with Crippen LogP contribution in [0.1, 0.15) is 31.2 Å². The number of aromatic hydroxyl groups is 1. The van der Waals surface area contributed by atoms with Crippen molar-refractivity contribution in [2.45, 2.75) is 30.6 Å². The molecule has 0 aromatic heterocycles. The van der Waals surface area contributed by atoms with Gasteiger partial charge in [0.25, 0.3) is 0 Å². The molecule has 170 valence electrons. The van der Waals surface area contributed by atoms with Gasteiger partial charge in [0.05, 0.1) is 4.90 Å². The third-order valence-corrected chi connectivity index (χ3v) is 7.90. The lowest BCUT2D eigenvalue weighted by molar-refractivity contribution is -0.116. The van der Waals surface area contributed by atoms with E-state index in [0.29, 0.717) is 31.7 Å². The minimum absolute atomic E-state index is 0.131. The number of rotatable bonds is 7. The van der Waals surface area contributed by atoms with Gasteiger partial charge in [-0.05, 0) is 60.7 Å². The van der Waals surface area contributed by atoms with Crippen LogP contribution in [0.3, 0.4) is 0 Å². The van der Waals surface area contributed by atoms with Crippen molar-refractivity contribution in [1.29, 1.82) is 0 Å². The molecule has 0 spiro atoms. The van der Waals surface area contributed by atoms with E-state index in [1.165, 1.54) is 9.88 Å². The van der Waals surface area contributed by atoms with Crippen molar-refractivity contribution in [3.05, 3.63) is 60.2 Å². The van der Waals surface area contributed by atoms with Gasteiger partial charge in [-0.25, -0.2) is 8.42 Å². The number of hydrogen-bond acceptors (Lipinski definition) is 5. The lowest BCUT2D eigenvalue weighted by atomic mass is 9.99. The van der Waals surface area contributed by atoms with Crippen molar-refractivity contribution in [2.24, 2.45) is 0 Å². The molecule has 0 aliphatic carbocycles. The van der Waals surface area contributed by atoms with Gasteiger partial charge in [-0.1, -0.05) is 24.3 Å². The van der Waals surface area contributed by atoms with Crippen molar-refractivity contribution in [3.63, 3.8) is 0 Å². The maximum atomic E-state index is 12.7. The summed E-state index contributed by atoms with van der Waals surface area (Å²) in [6, 6.07) is 13.7. The summed E-state index contributed by atoms with van der Waals surface area (Å²) in [6.07, 6.45) is 5.17. The molecule has 7 nitrogen and oxygen atoms in total. The Bertz CT molecular complexity index is 1090. The molecule has 32 heavy (non-hydrogen) atoms. The molecule has 2 aliphatic heterocycles. The number of phenolic OH excluding ortho intramolecular Hbond substituents is 1. The van der Waals surface area contributed by atoms with Gasteiger partial charge in [0.15, 0.2) is 0 Å². The monoisotopic (exact) mass is 455 g/mol. The van der Waals surface area contributed by atoms with E-state index in [4.69, 9.17) is 0 Å². The first-order chi connectivity index (χ1) is 15.4. The van der Waals surface area contributed by atoms with Crippen LogP contribution in [0.5, 0.6) is 5.75 Å². The SMILES string of the molecule is O=C(CCN1CC=C(c2ccc(O)cc2)CC1)Nc1cccc(S(=O)(=O)N2CCCC2)c1. The van der Waals surface area contributed by atoms with Gasteiger partial charge >= 0.3 is 0 Å². The van der Waals surface area contributed by atoms with E-state index in [0.717, 1.165) is 37.9 Å². The largest absolute Gasteiger partial charge is 0.508 e. The highest BCUT2D eigenvalue weighted by Gasteiger charge is 2.27. The summed E-state index contributed by atoms with van der Waals surface area (Å²) in [4.78, 5) is 14.9. The van der Waals surface area contributed by atoms with Gasteiger partial charge < -0.3 is 10.4 Å². The standard InChI is InChI=1S/C24H29N3O4S/c28-22-8-6-19(7-9-22)20-10-15-26(16-11-20)17-12-24(29)25-21-4-3-5-23(18-21)32(30,31)27-13-1-2-14-27/h3-10,18,28H,1-2,11-17H2,(H,25,29). The van der Waals surface area contributed by atoms with Crippen LogP contribution < -0.4 is 5.32 Å². The third-order valence-electron chi connectivity index (χ3n) is 6.01. The molecule has 0 unspecified atom stereocenters. The predicted octanol–water partition coefficient (Wildman–Crippen LogP) is 3.29. The van der Waals surface area contributed by atoms with Crippen LogP contribution in [0, 0.1) is 0 Å². The van der Waals surface area contributed by atoms with Gasteiger partial charge in [0, 0.05) is 44.8 Å². The Morgan fingerprint density at radius 3 is 2.47 bits per heavy atom. The van der Waals surface area contributed by atoms with E-state index in [9.17, 15) is 18.3 Å². The molecular weight excluding hydrogens is 426 g/mol. The van der Waals surface area contributed by atoms with Crippen LogP contribution >= 0.6 is 0 Å². The van der Waals surface area contributed by atoms with Gasteiger partial charge in [0.2, 0.25) is 15.9 Å². The molecule has 0 saturated carbocycles. The Balaban J connectivity index is 1.29. The maximum absolute atomic E-state index is 12.7. The van der Waals surface area contributed by atoms with Gasteiger partial charge in [-0.2, -0.15) is 4.31 Å². The first-order valence-electron chi connectivity index (χ1n) is 11.0. The fraction of sp³-hybridized carbons (Fsp3) is 0.375. The normalized spacial score (nSPS) is 17.8. The zero-order valence-corrected chi connectivity index (χ0v) is 18.9. The van der Waals surface area contributed by atoms with Gasteiger partial charge in [-0.15, -0.1) is 0 Å². The summed E-state index contributed by atoms with van der Waals surface area (Å²) in [6.45, 7) is 3.38. The average Bonchev–Trinajstić information content (AvgIpc) is 3.35. The van der Waals surface area contributed by atoms with E-state index in [1.54, 1.807) is 36.4 Å². The lowest BCUT2D eigenvalue weighted by Gasteiger charge is -2.26. The smallest absolute Gasteiger partial charge is 0.243 e. The van der Waals surface area contributed by atoms with Crippen LogP contribution in [0.25, 0.3) is 5.57 Å². The Hall–Kier alpha value is -2.68. The molecule has 2 N–H and O–H groups in total. The zero-order valence-electron chi connectivity index (χ0n) is 18.0. The molecule has 1 amide bonds. The number of nitrogens with zero attached hydrogens (tertiary/aromatic N) is 2. The van der Waals surface area contributed by atoms with Crippen molar-refractivity contribution in [3.8, 4) is 5.75 Å². The highest BCUT2D eigenvalue weighted by Crippen LogP contribution is 2.25. The minimum Gasteiger partial charge on any atom is -0.508 e. The first-order valence-corrected chi connectivity index (χ1v) is 12.5. The number of hydrogen-bond donors (Lipinski definition) is 2. The van der Waals surface area contributed by atoms with Gasteiger partial charge in [0.1, 0.15) is 5.75 Å². The molecule has 2 heterocycles. The van der Waals surface area contributed by atoms with E-state index in [2.05, 4.69) is 16.3 Å². The molecule has 4 rings (SSSR count). The lowest BCUT2D eigenvalue weighted by Crippen LogP contribution is -2.31. The second kappa shape index (κ2) is 9.85. The zero-order chi connectivity index (χ0) is 22.6. The number of amides is 1. The average molecular weight is 456 g/mol. The van der Waals surface area contributed by atoms with E-state index >= 15 is 0 Å². The van der Waals surface area contributed by atoms with Crippen LogP contribution in [-0.4, -0.2) is 61.4 Å². The fourth-order valence-electron chi connectivity index (χ4n) is 4.15. The summed E-state index contributed by atoms with van der Waals surface area (Å²) in [5.74, 6) is 0.131. The van der Waals surface area contributed by atoms with Crippen molar-refractivity contribution < 1.29 is 18.3 Å². The van der Waals surface area contributed by atoms with E-state index in [1.807, 2.05) is 12.1 Å².